The summed E-state index contributed by atoms with van der Waals surface area (Å²) in [7, 11) is 0. The van der Waals surface area contributed by atoms with Crippen LogP contribution in [0, 0.1) is 0 Å². The zero-order chi connectivity index (χ0) is 16.9. The van der Waals surface area contributed by atoms with Crippen LogP contribution in [-0.4, -0.2) is 32.1 Å². The van der Waals surface area contributed by atoms with E-state index in [0.717, 1.165) is 23.2 Å². The second kappa shape index (κ2) is 5.30. The summed E-state index contributed by atoms with van der Waals surface area (Å²) < 4.78 is 39.6. The van der Waals surface area contributed by atoms with Crippen LogP contribution in [0.2, 0.25) is 0 Å². The molecule has 0 atom stereocenters. The molecule has 9 heteroatoms. The number of nitrogens with one attached hydrogen (secondary N) is 1. The van der Waals surface area contributed by atoms with Gasteiger partial charge in [-0.1, -0.05) is 6.07 Å². The van der Waals surface area contributed by atoms with E-state index in [1.807, 2.05) is 12.1 Å². The van der Waals surface area contributed by atoms with Crippen molar-refractivity contribution in [3.05, 3.63) is 46.5 Å². The number of carbonyl (C=O) groups excluding carboxylic acids is 1. The Balaban J connectivity index is 1.56. The Morgan fingerprint density at radius 2 is 1.92 bits per heavy atom. The minimum atomic E-state index is -4.54. The number of amides is 1. The number of rotatable bonds is 1. The SMILES string of the molecule is O=C(c1ccc2c(c1)CNC2)N1CCn2c(nnc2C(F)(F)F)C1. The molecule has 6 nitrogen and oxygen atoms in total. The highest BCUT2D eigenvalue weighted by Gasteiger charge is 2.40. The van der Waals surface area contributed by atoms with Gasteiger partial charge in [-0.3, -0.25) is 4.79 Å². The molecule has 4 rings (SSSR count). The zero-order valence-corrected chi connectivity index (χ0v) is 12.6. The van der Waals surface area contributed by atoms with Gasteiger partial charge in [0.2, 0.25) is 5.82 Å². The number of hydrogen-bond donors (Lipinski definition) is 1. The molecular weight excluding hydrogens is 323 g/mol. The lowest BCUT2D eigenvalue weighted by Gasteiger charge is -2.28. The molecule has 0 saturated heterocycles. The van der Waals surface area contributed by atoms with Crippen molar-refractivity contribution < 1.29 is 18.0 Å². The monoisotopic (exact) mass is 337 g/mol. The average Bonchev–Trinajstić information content (AvgIpc) is 3.18. The molecule has 2 aromatic rings. The lowest BCUT2D eigenvalue weighted by atomic mass is 10.1. The molecule has 1 aromatic carbocycles. The molecule has 2 aliphatic rings. The van der Waals surface area contributed by atoms with E-state index in [9.17, 15) is 18.0 Å². The second-order valence-corrected chi connectivity index (χ2v) is 5.90. The van der Waals surface area contributed by atoms with Gasteiger partial charge in [-0.25, -0.2) is 0 Å². The lowest BCUT2D eigenvalue weighted by Crippen LogP contribution is -2.39. The number of benzene rings is 1. The highest BCUT2D eigenvalue weighted by atomic mass is 19.4. The highest BCUT2D eigenvalue weighted by molar-refractivity contribution is 5.94. The van der Waals surface area contributed by atoms with E-state index in [2.05, 4.69) is 15.5 Å². The van der Waals surface area contributed by atoms with Crippen LogP contribution in [0.15, 0.2) is 18.2 Å². The molecular formula is C15H14F3N5O. The average molecular weight is 337 g/mol. The Bertz CT molecular complexity index is 814. The molecule has 0 saturated carbocycles. The summed E-state index contributed by atoms with van der Waals surface area (Å²) in [5.74, 6) is -1.05. The van der Waals surface area contributed by atoms with Crippen LogP contribution < -0.4 is 5.32 Å². The number of alkyl halides is 3. The number of carbonyl (C=O) groups is 1. The van der Waals surface area contributed by atoms with Crippen LogP contribution in [0.3, 0.4) is 0 Å². The number of fused-ring (bicyclic) bond motifs is 2. The van der Waals surface area contributed by atoms with Gasteiger partial charge in [0.1, 0.15) is 0 Å². The van der Waals surface area contributed by atoms with Crippen molar-refractivity contribution in [3.8, 4) is 0 Å². The Labute approximate surface area is 135 Å². The standard InChI is InChI=1S/C15H14F3N5O/c16-15(17,18)14-21-20-12-8-22(3-4-23(12)14)13(24)9-1-2-10-6-19-7-11(10)5-9/h1-2,5,19H,3-4,6-8H2. The summed E-state index contributed by atoms with van der Waals surface area (Å²) in [6.45, 7) is 1.77. The van der Waals surface area contributed by atoms with E-state index < -0.39 is 12.0 Å². The van der Waals surface area contributed by atoms with Gasteiger partial charge in [0.15, 0.2) is 5.82 Å². The molecule has 3 heterocycles. The number of hydrogen-bond acceptors (Lipinski definition) is 4. The highest BCUT2D eigenvalue weighted by Crippen LogP contribution is 2.29. The second-order valence-electron chi connectivity index (χ2n) is 5.90. The van der Waals surface area contributed by atoms with Crippen LogP contribution >= 0.6 is 0 Å². The van der Waals surface area contributed by atoms with Crippen molar-refractivity contribution in [1.29, 1.82) is 0 Å². The van der Waals surface area contributed by atoms with Gasteiger partial charge >= 0.3 is 6.18 Å². The summed E-state index contributed by atoms with van der Waals surface area (Å²) in [4.78, 5) is 14.1. The quantitative estimate of drug-likeness (QED) is 0.858. The van der Waals surface area contributed by atoms with Crippen molar-refractivity contribution in [2.75, 3.05) is 6.54 Å². The molecule has 0 radical (unpaired) electrons. The van der Waals surface area contributed by atoms with Crippen LogP contribution in [-0.2, 0) is 32.4 Å². The third-order valence-electron chi connectivity index (χ3n) is 4.38. The first kappa shape index (κ1) is 15.1. The van der Waals surface area contributed by atoms with Gasteiger partial charge in [0, 0.05) is 31.7 Å². The number of halogens is 3. The largest absolute Gasteiger partial charge is 0.451 e. The van der Waals surface area contributed by atoms with E-state index >= 15 is 0 Å². The normalized spacial score (nSPS) is 16.9. The minimum Gasteiger partial charge on any atom is -0.329 e. The van der Waals surface area contributed by atoms with Crippen molar-refractivity contribution >= 4 is 5.91 Å². The molecule has 1 amide bonds. The Morgan fingerprint density at radius 1 is 1.12 bits per heavy atom. The van der Waals surface area contributed by atoms with E-state index in [4.69, 9.17) is 0 Å². The fourth-order valence-corrected chi connectivity index (χ4v) is 3.15. The molecule has 126 valence electrons. The first-order valence-electron chi connectivity index (χ1n) is 7.54. The van der Waals surface area contributed by atoms with E-state index in [1.165, 1.54) is 10.5 Å². The fraction of sp³-hybridized carbons (Fsp3) is 0.400. The predicted molar refractivity (Wildman–Crippen MR) is 76.8 cm³/mol. The van der Waals surface area contributed by atoms with Gasteiger partial charge in [-0.15, -0.1) is 10.2 Å². The van der Waals surface area contributed by atoms with Gasteiger partial charge < -0.3 is 14.8 Å². The molecule has 0 aliphatic carbocycles. The van der Waals surface area contributed by atoms with Crippen molar-refractivity contribution in [3.63, 3.8) is 0 Å². The summed E-state index contributed by atoms with van der Waals surface area (Å²) >= 11 is 0. The Kier molecular flexibility index (Phi) is 3.34. The molecule has 0 fully saturated rings. The van der Waals surface area contributed by atoms with Crippen molar-refractivity contribution in [2.45, 2.75) is 32.4 Å². The third kappa shape index (κ3) is 2.44. The van der Waals surface area contributed by atoms with Gasteiger partial charge in [0.05, 0.1) is 6.54 Å². The molecule has 2 aliphatic heterocycles. The third-order valence-corrected chi connectivity index (χ3v) is 4.38. The molecule has 0 unspecified atom stereocenters. The fourth-order valence-electron chi connectivity index (χ4n) is 3.15. The molecule has 0 bridgehead atoms. The summed E-state index contributed by atoms with van der Waals surface area (Å²) in [5.41, 5.74) is 2.79. The summed E-state index contributed by atoms with van der Waals surface area (Å²) in [6.07, 6.45) is -4.54. The minimum absolute atomic E-state index is 0.0250. The maximum absolute atomic E-state index is 12.8. The topological polar surface area (TPSA) is 63.1 Å². The van der Waals surface area contributed by atoms with Crippen LogP contribution in [0.25, 0.3) is 0 Å². The van der Waals surface area contributed by atoms with Crippen LogP contribution in [0.5, 0.6) is 0 Å². The van der Waals surface area contributed by atoms with Gasteiger partial charge in [-0.05, 0) is 23.3 Å². The summed E-state index contributed by atoms with van der Waals surface area (Å²) in [5, 5.41) is 10.0. The first-order chi connectivity index (χ1) is 11.4. The van der Waals surface area contributed by atoms with E-state index in [0.29, 0.717) is 5.56 Å². The Morgan fingerprint density at radius 3 is 2.71 bits per heavy atom. The lowest BCUT2D eigenvalue weighted by molar-refractivity contribution is -0.147. The van der Waals surface area contributed by atoms with Gasteiger partial charge in [0.25, 0.3) is 5.91 Å². The molecule has 1 N–H and O–H groups in total. The maximum atomic E-state index is 12.8. The molecule has 24 heavy (non-hydrogen) atoms. The zero-order valence-electron chi connectivity index (χ0n) is 12.6. The van der Waals surface area contributed by atoms with Crippen LogP contribution in [0.4, 0.5) is 13.2 Å². The van der Waals surface area contributed by atoms with Crippen molar-refractivity contribution in [2.24, 2.45) is 0 Å². The number of aromatic nitrogens is 3. The van der Waals surface area contributed by atoms with E-state index in [1.54, 1.807) is 6.07 Å². The van der Waals surface area contributed by atoms with E-state index in [-0.39, 0.29) is 31.4 Å². The molecule has 1 aromatic heterocycles. The Hall–Kier alpha value is -2.42. The maximum Gasteiger partial charge on any atom is 0.451 e. The molecule has 0 spiro atoms. The van der Waals surface area contributed by atoms with Crippen LogP contribution in [0.1, 0.15) is 33.1 Å². The smallest absolute Gasteiger partial charge is 0.329 e. The predicted octanol–water partition coefficient (Wildman–Crippen LogP) is 1.56. The first-order valence-corrected chi connectivity index (χ1v) is 7.54. The summed E-state index contributed by atoms with van der Waals surface area (Å²) in [6, 6.07) is 5.52. The van der Waals surface area contributed by atoms with Crippen molar-refractivity contribution in [1.82, 2.24) is 25.0 Å². The van der Waals surface area contributed by atoms with Gasteiger partial charge in [-0.2, -0.15) is 13.2 Å². The number of nitrogens with zero attached hydrogens (tertiary/aromatic N) is 4.